The SMILES string of the molecule is N=C(N)CNCc1ccccc1. The molecule has 0 amide bonds. The normalized spacial score (nSPS) is 9.67. The first-order chi connectivity index (χ1) is 5.79. The summed E-state index contributed by atoms with van der Waals surface area (Å²) >= 11 is 0. The van der Waals surface area contributed by atoms with Gasteiger partial charge in [0.25, 0.3) is 0 Å². The van der Waals surface area contributed by atoms with Gasteiger partial charge in [-0.3, -0.25) is 5.41 Å². The third kappa shape index (κ3) is 3.16. The van der Waals surface area contributed by atoms with Crippen molar-refractivity contribution in [1.82, 2.24) is 5.32 Å². The zero-order valence-corrected chi connectivity index (χ0v) is 6.88. The van der Waals surface area contributed by atoms with Gasteiger partial charge in [-0.25, -0.2) is 0 Å². The molecule has 64 valence electrons. The highest BCUT2D eigenvalue weighted by Gasteiger charge is 1.90. The standard InChI is InChI=1S/C9H13N3/c10-9(11)7-12-6-8-4-2-1-3-5-8/h1-5,12H,6-7H2,(H3,10,11). The van der Waals surface area contributed by atoms with E-state index in [1.807, 2.05) is 30.3 Å². The molecule has 0 fully saturated rings. The largest absolute Gasteiger partial charge is 0.387 e. The Labute approximate surface area is 72.1 Å². The molecule has 0 saturated heterocycles. The quantitative estimate of drug-likeness (QED) is 0.452. The molecule has 0 aliphatic carbocycles. The molecule has 1 rings (SSSR count). The Hall–Kier alpha value is -1.35. The molecule has 0 aliphatic heterocycles. The third-order valence-corrected chi connectivity index (χ3v) is 1.49. The first kappa shape index (κ1) is 8.74. The summed E-state index contributed by atoms with van der Waals surface area (Å²) in [7, 11) is 0. The van der Waals surface area contributed by atoms with Gasteiger partial charge in [0, 0.05) is 6.54 Å². The fourth-order valence-corrected chi connectivity index (χ4v) is 0.937. The molecule has 0 bridgehead atoms. The average Bonchev–Trinajstić information content (AvgIpc) is 2.05. The highest BCUT2D eigenvalue weighted by molar-refractivity contribution is 5.78. The smallest absolute Gasteiger partial charge is 0.105 e. The van der Waals surface area contributed by atoms with Crippen LogP contribution in [0.15, 0.2) is 30.3 Å². The van der Waals surface area contributed by atoms with E-state index in [4.69, 9.17) is 11.1 Å². The van der Waals surface area contributed by atoms with Crippen molar-refractivity contribution < 1.29 is 0 Å². The van der Waals surface area contributed by atoms with E-state index in [1.165, 1.54) is 5.56 Å². The van der Waals surface area contributed by atoms with Crippen LogP contribution in [0.2, 0.25) is 0 Å². The summed E-state index contributed by atoms with van der Waals surface area (Å²) < 4.78 is 0. The maximum Gasteiger partial charge on any atom is 0.105 e. The second-order valence-electron chi connectivity index (χ2n) is 2.61. The number of nitrogens with one attached hydrogen (secondary N) is 2. The van der Waals surface area contributed by atoms with Crippen molar-refractivity contribution in [1.29, 1.82) is 5.41 Å². The number of benzene rings is 1. The molecule has 0 radical (unpaired) electrons. The van der Waals surface area contributed by atoms with E-state index in [9.17, 15) is 0 Å². The number of rotatable bonds is 4. The molecule has 0 unspecified atom stereocenters. The van der Waals surface area contributed by atoms with E-state index in [-0.39, 0.29) is 5.84 Å². The second kappa shape index (κ2) is 4.51. The van der Waals surface area contributed by atoms with Gasteiger partial charge in [0.2, 0.25) is 0 Å². The van der Waals surface area contributed by atoms with Crippen LogP contribution in [-0.2, 0) is 6.54 Å². The Balaban J connectivity index is 2.29. The average molecular weight is 163 g/mol. The molecule has 3 heteroatoms. The van der Waals surface area contributed by atoms with Crippen LogP contribution in [0.3, 0.4) is 0 Å². The fourth-order valence-electron chi connectivity index (χ4n) is 0.937. The van der Waals surface area contributed by atoms with Crippen molar-refractivity contribution >= 4 is 5.84 Å². The lowest BCUT2D eigenvalue weighted by Crippen LogP contribution is -2.27. The van der Waals surface area contributed by atoms with Crippen molar-refractivity contribution in [3.63, 3.8) is 0 Å². The first-order valence-electron chi connectivity index (χ1n) is 3.86. The maximum absolute atomic E-state index is 6.98. The molecule has 4 N–H and O–H groups in total. The Kier molecular flexibility index (Phi) is 3.29. The van der Waals surface area contributed by atoms with Gasteiger partial charge in [-0.1, -0.05) is 30.3 Å². The lowest BCUT2D eigenvalue weighted by atomic mass is 10.2. The number of amidine groups is 1. The van der Waals surface area contributed by atoms with E-state index in [0.717, 1.165) is 6.54 Å². The van der Waals surface area contributed by atoms with Gasteiger partial charge in [-0.2, -0.15) is 0 Å². The van der Waals surface area contributed by atoms with Crippen LogP contribution < -0.4 is 11.1 Å². The van der Waals surface area contributed by atoms with Crippen LogP contribution in [0.1, 0.15) is 5.56 Å². The summed E-state index contributed by atoms with van der Waals surface area (Å²) in [6, 6.07) is 10.0. The van der Waals surface area contributed by atoms with E-state index in [2.05, 4.69) is 5.32 Å². The van der Waals surface area contributed by atoms with Crippen LogP contribution >= 0.6 is 0 Å². The van der Waals surface area contributed by atoms with Crippen LogP contribution in [-0.4, -0.2) is 12.4 Å². The topological polar surface area (TPSA) is 61.9 Å². The van der Waals surface area contributed by atoms with Gasteiger partial charge < -0.3 is 11.1 Å². The van der Waals surface area contributed by atoms with Crippen LogP contribution in [0.25, 0.3) is 0 Å². The molecule has 0 atom stereocenters. The maximum atomic E-state index is 6.98. The number of hydrogen-bond donors (Lipinski definition) is 3. The molecule has 0 aromatic heterocycles. The van der Waals surface area contributed by atoms with Crippen LogP contribution in [0.4, 0.5) is 0 Å². The zero-order chi connectivity index (χ0) is 8.81. The molecule has 0 aliphatic rings. The summed E-state index contributed by atoms with van der Waals surface area (Å²) in [6.07, 6.45) is 0. The molecular formula is C9H13N3. The van der Waals surface area contributed by atoms with Crippen molar-refractivity contribution in [2.75, 3.05) is 6.54 Å². The van der Waals surface area contributed by atoms with E-state index in [0.29, 0.717) is 6.54 Å². The number of hydrogen-bond acceptors (Lipinski definition) is 2. The second-order valence-corrected chi connectivity index (χ2v) is 2.61. The summed E-state index contributed by atoms with van der Waals surface area (Å²) in [5.74, 6) is 0.172. The molecule has 0 heterocycles. The van der Waals surface area contributed by atoms with Crippen LogP contribution in [0.5, 0.6) is 0 Å². The summed E-state index contributed by atoms with van der Waals surface area (Å²) in [5.41, 5.74) is 6.38. The van der Waals surface area contributed by atoms with Gasteiger partial charge in [-0.05, 0) is 5.56 Å². The van der Waals surface area contributed by atoms with Crippen molar-refractivity contribution in [2.45, 2.75) is 6.54 Å². The monoisotopic (exact) mass is 163 g/mol. The molecule has 0 spiro atoms. The van der Waals surface area contributed by atoms with Crippen molar-refractivity contribution in [3.8, 4) is 0 Å². The Morgan fingerprint density at radius 3 is 2.58 bits per heavy atom. The lowest BCUT2D eigenvalue weighted by molar-refractivity contribution is 0.771. The highest BCUT2D eigenvalue weighted by atomic mass is 14.9. The van der Waals surface area contributed by atoms with Gasteiger partial charge in [0.15, 0.2) is 0 Å². The summed E-state index contributed by atoms with van der Waals surface area (Å²) in [5, 5.41) is 10.0. The van der Waals surface area contributed by atoms with Gasteiger partial charge >= 0.3 is 0 Å². The minimum atomic E-state index is 0.172. The zero-order valence-electron chi connectivity index (χ0n) is 6.88. The van der Waals surface area contributed by atoms with Gasteiger partial charge in [0.05, 0.1) is 6.54 Å². The van der Waals surface area contributed by atoms with E-state index < -0.39 is 0 Å². The van der Waals surface area contributed by atoms with Crippen LogP contribution in [0, 0.1) is 5.41 Å². The van der Waals surface area contributed by atoms with E-state index in [1.54, 1.807) is 0 Å². The predicted octanol–water partition coefficient (Wildman–Crippen LogP) is 0.712. The minimum Gasteiger partial charge on any atom is -0.387 e. The summed E-state index contributed by atoms with van der Waals surface area (Å²) in [4.78, 5) is 0. The Morgan fingerprint density at radius 1 is 1.33 bits per heavy atom. The highest BCUT2D eigenvalue weighted by Crippen LogP contribution is 1.96. The third-order valence-electron chi connectivity index (χ3n) is 1.49. The summed E-state index contributed by atoms with van der Waals surface area (Å²) in [6.45, 7) is 1.22. The first-order valence-corrected chi connectivity index (χ1v) is 3.86. The lowest BCUT2D eigenvalue weighted by Gasteiger charge is -2.02. The Morgan fingerprint density at radius 2 is 2.00 bits per heavy atom. The Bertz CT molecular complexity index is 243. The molecule has 1 aromatic carbocycles. The minimum absolute atomic E-state index is 0.172. The molecule has 0 saturated carbocycles. The predicted molar refractivity (Wildman–Crippen MR) is 50.1 cm³/mol. The molecule has 1 aromatic rings. The molecule has 3 nitrogen and oxygen atoms in total. The van der Waals surface area contributed by atoms with Crippen molar-refractivity contribution in [3.05, 3.63) is 35.9 Å². The molecular weight excluding hydrogens is 150 g/mol. The van der Waals surface area contributed by atoms with Gasteiger partial charge in [-0.15, -0.1) is 0 Å². The van der Waals surface area contributed by atoms with Crippen molar-refractivity contribution in [2.24, 2.45) is 5.73 Å². The number of nitrogens with two attached hydrogens (primary N) is 1. The molecule has 12 heavy (non-hydrogen) atoms. The van der Waals surface area contributed by atoms with Gasteiger partial charge in [0.1, 0.15) is 5.84 Å². The van der Waals surface area contributed by atoms with E-state index >= 15 is 0 Å². The fraction of sp³-hybridized carbons (Fsp3) is 0.222.